The van der Waals surface area contributed by atoms with Crippen molar-refractivity contribution in [3.63, 3.8) is 0 Å². The quantitative estimate of drug-likeness (QED) is 0.0706. The number of ether oxygens (including phenoxy) is 2. The first-order valence-corrected chi connectivity index (χ1v) is 15.5. The van der Waals surface area contributed by atoms with Gasteiger partial charge in [0.15, 0.2) is 13.2 Å². The summed E-state index contributed by atoms with van der Waals surface area (Å²) in [7, 11) is 0. The van der Waals surface area contributed by atoms with E-state index in [1.807, 2.05) is 0 Å². The second-order valence-electron chi connectivity index (χ2n) is 12.4. The minimum Gasteiger partial charge on any atom is -0.443 e. The lowest BCUT2D eigenvalue weighted by Crippen LogP contribution is -2.74. The first kappa shape index (κ1) is 60.3. The van der Waals surface area contributed by atoms with Gasteiger partial charge in [0.05, 0.1) is 0 Å². The molecule has 382 valence electrons. The van der Waals surface area contributed by atoms with Crippen LogP contribution in [0.3, 0.4) is 0 Å². The van der Waals surface area contributed by atoms with Gasteiger partial charge in [-0.2, -0.15) is 123 Å². The molecular formula is C26H20F32N2O4. The van der Waals surface area contributed by atoms with E-state index in [1.54, 1.807) is 0 Å². The van der Waals surface area contributed by atoms with Crippen LogP contribution in [0.5, 0.6) is 0 Å². The van der Waals surface area contributed by atoms with E-state index in [0.29, 0.717) is 0 Å². The van der Waals surface area contributed by atoms with Gasteiger partial charge in [0.2, 0.25) is 0 Å². The van der Waals surface area contributed by atoms with Crippen LogP contribution >= 0.6 is 0 Å². The fourth-order valence-electron chi connectivity index (χ4n) is 3.92. The van der Waals surface area contributed by atoms with Crippen molar-refractivity contribution in [2.75, 3.05) is 26.3 Å². The number of hydrogen-bond donors (Lipinski definition) is 2. The molecule has 6 nitrogen and oxygen atoms in total. The third-order valence-corrected chi connectivity index (χ3v) is 7.87. The second kappa shape index (κ2) is 18.5. The highest BCUT2D eigenvalue weighted by Crippen LogP contribution is 2.64. The Labute approximate surface area is 331 Å². The Morgan fingerprint density at radius 2 is 0.531 bits per heavy atom. The van der Waals surface area contributed by atoms with E-state index < -0.39 is 147 Å². The largest absolute Gasteiger partial charge is 0.443 e. The van der Waals surface area contributed by atoms with Gasteiger partial charge >= 0.3 is 108 Å². The molecule has 0 spiro atoms. The number of amides is 2. The lowest BCUT2D eigenvalue weighted by Gasteiger charge is -2.42. The Balaban J connectivity index is 5.25. The lowest BCUT2D eigenvalue weighted by atomic mass is 9.89. The number of rotatable bonds is 25. The smallest absolute Gasteiger partial charge is 0.407 e. The zero-order valence-corrected chi connectivity index (χ0v) is 29.5. The number of hydrogen-bond acceptors (Lipinski definition) is 4. The number of nitrogens with one attached hydrogen (secondary N) is 2. The van der Waals surface area contributed by atoms with Gasteiger partial charge in [0.1, 0.15) is 0 Å². The zero-order chi connectivity index (χ0) is 51.8. The van der Waals surface area contributed by atoms with Gasteiger partial charge in [-0.3, -0.25) is 0 Å². The van der Waals surface area contributed by atoms with Crippen molar-refractivity contribution < 1.29 is 160 Å². The van der Waals surface area contributed by atoms with Gasteiger partial charge < -0.3 is 20.1 Å². The van der Waals surface area contributed by atoms with Crippen molar-refractivity contribution in [2.45, 2.75) is 121 Å². The van der Waals surface area contributed by atoms with Crippen LogP contribution in [0, 0.1) is 0 Å². The van der Waals surface area contributed by atoms with Crippen molar-refractivity contribution in [1.82, 2.24) is 10.6 Å². The molecule has 38 heteroatoms. The molecule has 0 bridgehead atoms. The SMILES string of the molecule is O=C(NCCCCCCNC(=O)OCC(F)(F)C(F)(F)C(F)(F)C(F)(F)C(F)(F)C(F)(F)C(F)(F)C(F)F)OCC(F)(F)C(F)(F)C(F)(F)C(F)(F)C(F)(F)C(F)(F)C(F)(F)C(F)F. The molecule has 2 amide bonds. The predicted octanol–water partition coefficient (Wildman–Crippen LogP) is 11.4. The summed E-state index contributed by atoms with van der Waals surface area (Å²) < 4.78 is 433. The molecule has 0 aliphatic heterocycles. The van der Waals surface area contributed by atoms with Crippen LogP contribution < -0.4 is 10.6 Å². The summed E-state index contributed by atoms with van der Waals surface area (Å²) >= 11 is 0. The molecule has 0 rings (SSSR count). The minimum absolute atomic E-state index is 0.309. The molecule has 0 aromatic heterocycles. The number of carbonyl (C=O) groups is 2. The van der Waals surface area contributed by atoms with Gasteiger partial charge in [-0.05, 0) is 12.8 Å². The van der Waals surface area contributed by atoms with Gasteiger partial charge in [-0.25, -0.2) is 27.2 Å². The van der Waals surface area contributed by atoms with Crippen LogP contribution in [0.1, 0.15) is 25.7 Å². The van der Waals surface area contributed by atoms with Crippen LogP contribution in [0.4, 0.5) is 150 Å². The van der Waals surface area contributed by atoms with Crippen molar-refractivity contribution >= 4 is 12.2 Å². The third kappa shape index (κ3) is 9.86. The van der Waals surface area contributed by atoms with Crippen LogP contribution in [-0.4, -0.2) is 134 Å². The maximum atomic E-state index is 13.8. The maximum Gasteiger partial charge on any atom is 0.407 e. The van der Waals surface area contributed by atoms with Crippen molar-refractivity contribution in [3.8, 4) is 0 Å². The molecule has 0 aromatic rings. The molecule has 64 heavy (non-hydrogen) atoms. The number of unbranched alkanes of at least 4 members (excludes halogenated alkanes) is 3. The van der Waals surface area contributed by atoms with Crippen LogP contribution in [0.25, 0.3) is 0 Å². The Morgan fingerprint density at radius 3 is 0.750 bits per heavy atom. The monoisotopic (exact) mass is 1030 g/mol. The predicted molar refractivity (Wildman–Crippen MR) is 138 cm³/mol. The summed E-state index contributed by atoms with van der Waals surface area (Å²) in [5.41, 5.74) is 0. The van der Waals surface area contributed by atoms with E-state index in [2.05, 4.69) is 9.47 Å². The molecule has 0 aliphatic carbocycles. The summed E-state index contributed by atoms with van der Waals surface area (Å²) in [6.45, 7) is -8.80. The highest BCUT2D eigenvalue weighted by molar-refractivity contribution is 5.67. The van der Waals surface area contributed by atoms with Gasteiger partial charge in [0.25, 0.3) is 0 Å². The van der Waals surface area contributed by atoms with Gasteiger partial charge in [-0.1, -0.05) is 12.8 Å². The summed E-state index contributed by atoms with van der Waals surface area (Å²) in [4.78, 5) is 22.8. The van der Waals surface area contributed by atoms with Gasteiger partial charge in [-0.15, -0.1) is 0 Å². The fourth-order valence-corrected chi connectivity index (χ4v) is 3.92. The Kier molecular flexibility index (Phi) is 17.5. The maximum absolute atomic E-state index is 13.8. The van der Waals surface area contributed by atoms with Crippen molar-refractivity contribution in [2.24, 2.45) is 0 Å². The molecule has 0 aromatic carbocycles. The number of alkyl carbamates (subject to hydrolysis) is 2. The highest BCUT2D eigenvalue weighted by atomic mass is 19.4. The molecule has 0 unspecified atom stereocenters. The normalized spacial score (nSPS) is 15.5. The average Bonchev–Trinajstić information content (AvgIpc) is 3.12. The Morgan fingerprint density at radius 1 is 0.328 bits per heavy atom. The van der Waals surface area contributed by atoms with Crippen molar-refractivity contribution in [3.05, 3.63) is 0 Å². The molecular weight excluding hydrogens is 1010 g/mol. The molecule has 0 radical (unpaired) electrons. The zero-order valence-electron chi connectivity index (χ0n) is 29.5. The summed E-state index contributed by atoms with van der Waals surface area (Å²) in [6, 6.07) is 0. The fraction of sp³-hybridized carbons (Fsp3) is 0.923. The van der Waals surface area contributed by atoms with E-state index in [-0.39, 0.29) is 12.8 Å². The standard InChI is InChI=1S/C26H20F32N2O4/c27-9(28)15(35,36)19(43,44)23(51,52)25(55,56)21(47,48)17(39,40)13(31,32)7-63-11(61)59-5-3-1-2-4-6-60-12(62)64-8-14(33,34)18(41,42)22(49,50)26(57,58)24(53,54)20(45,46)16(37,38)10(29)30/h9-10H,1-8H2,(H,59,61)(H,60,62). The molecule has 0 fully saturated rings. The molecule has 0 saturated carbocycles. The molecule has 2 N–H and O–H groups in total. The summed E-state index contributed by atoms with van der Waals surface area (Å²) in [6.07, 6.45) is -18.4. The van der Waals surface area contributed by atoms with E-state index in [9.17, 15) is 150 Å². The topological polar surface area (TPSA) is 76.7 Å². The van der Waals surface area contributed by atoms with Gasteiger partial charge in [0, 0.05) is 13.1 Å². The van der Waals surface area contributed by atoms with E-state index in [0.717, 1.165) is 0 Å². The van der Waals surface area contributed by atoms with E-state index in [4.69, 9.17) is 0 Å². The Bertz CT molecular complexity index is 1470. The number of carbonyl (C=O) groups excluding carboxylic acids is 2. The second-order valence-corrected chi connectivity index (χ2v) is 12.4. The van der Waals surface area contributed by atoms with Crippen LogP contribution in [0.2, 0.25) is 0 Å². The minimum atomic E-state index is -8.71. The first-order valence-electron chi connectivity index (χ1n) is 15.5. The molecule has 0 saturated heterocycles. The molecule has 0 aliphatic rings. The van der Waals surface area contributed by atoms with Crippen LogP contribution in [-0.2, 0) is 9.47 Å². The number of halogens is 32. The van der Waals surface area contributed by atoms with E-state index in [1.165, 1.54) is 10.6 Å². The lowest BCUT2D eigenvalue weighted by molar-refractivity contribution is -0.447. The van der Waals surface area contributed by atoms with Crippen LogP contribution in [0.15, 0.2) is 0 Å². The average molecular weight is 1030 g/mol. The third-order valence-electron chi connectivity index (χ3n) is 7.87. The van der Waals surface area contributed by atoms with E-state index >= 15 is 0 Å². The summed E-state index contributed by atoms with van der Waals surface area (Å²) in [5.74, 6) is -114. The molecule has 0 heterocycles. The first-order chi connectivity index (χ1) is 27.9. The van der Waals surface area contributed by atoms with Crippen molar-refractivity contribution in [1.29, 1.82) is 0 Å². The molecule has 0 atom stereocenters. The number of alkyl halides is 32. The highest BCUT2D eigenvalue weighted by Gasteiger charge is 2.95. The summed E-state index contributed by atoms with van der Waals surface area (Å²) in [5, 5.41) is 2.66. The Hall–Kier alpha value is -3.70.